The molecule has 0 atom stereocenters. The molecule has 0 spiro atoms. The van der Waals surface area contributed by atoms with E-state index in [1.807, 2.05) is 0 Å². The fourth-order valence-corrected chi connectivity index (χ4v) is 7.59. The zero-order valence-corrected chi connectivity index (χ0v) is 29.1. The Bertz CT molecular complexity index is 1640. The van der Waals surface area contributed by atoms with Gasteiger partial charge in [-0.2, -0.15) is 0 Å². The molecule has 0 unspecified atom stereocenters. The van der Waals surface area contributed by atoms with Crippen LogP contribution in [-0.2, 0) is 0 Å². The smallest absolute Gasteiger partial charge is 0.144 e. The summed E-state index contributed by atoms with van der Waals surface area (Å²) in [5.74, 6) is 2.06. The lowest BCUT2D eigenvalue weighted by Gasteiger charge is -2.34. The van der Waals surface area contributed by atoms with Gasteiger partial charge in [-0.1, -0.05) is 36.4 Å². The van der Waals surface area contributed by atoms with Crippen LogP contribution in [0.15, 0.2) is 71.4 Å². The van der Waals surface area contributed by atoms with E-state index in [-0.39, 0.29) is 49.6 Å². The van der Waals surface area contributed by atoms with Crippen molar-refractivity contribution in [3.8, 4) is 0 Å². The molecule has 1 aliphatic rings. The molecule has 236 valence electrons. The second kappa shape index (κ2) is 17.0. The Kier molecular flexibility index (Phi) is 14.0. The van der Waals surface area contributed by atoms with Gasteiger partial charge in [-0.25, -0.2) is 9.97 Å². The largest absolute Gasteiger partial charge is 0.369 e. The molecule has 1 saturated heterocycles. The maximum Gasteiger partial charge on any atom is 0.144 e. The lowest BCUT2D eigenvalue weighted by atomic mass is 10.1. The van der Waals surface area contributed by atoms with E-state index < -0.39 is 0 Å². The molecule has 5 heterocycles. The molecule has 12 heteroatoms. The summed E-state index contributed by atoms with van der Waals surface area (Å²) in [4.78, 5) is 15.1. The fourth-order valence-electron chi connectivity index (χ4n) is 5.84. The Morgan fingerprint density at radius 2 is 0.955 bits per heavy atom. The van der Waals surface area contributed by atoms with E-state index in [2.05, 4.69) is 91.9 Å². The van der Waals surface area contributed by atoms with Crippen LogP contribution in [0.3, 0.4) is 0 Å². The van der Waals surface area contributed by atoms with Gasteiger partial charge >= 0.3 is 0 Å². The molecule has 6 nitrogen and oxygen atoms in total. The summed E-state index contributed by atoms with van der Waals surface area (Å²) in [7, 11) is 0. The first-order valence-electron chi connectivity index (χ1n) is 14.3. The van der Waals surface area contributed by atoms with E-state index in [1.165, 1.54) is 30.9 Å². The van der Waals surface area contributed by atoms with Gasteiger partial charge in [-0.15, -0.1) is 72.3 Å². The normalized spacial score (nSPS) is 13.6. The summed E-state index contributed by atoms with van der Waals surface area (Å²) in [5, 5.41) is 16.7. The van der Waals surface area contributed by atoms with Crippen LogP contribution in [0.25, 0.3) is 42.0 Å². The van der Waals surface area contributed by atoms with Gasteiger partial charge in [0.1, 0.15) is 11.6 Å². The van der Waals surface area contributed by atoms with E-state index in [9.17, 15) is 0 Å². The molecule has 44 heavy (non-hydrogen) atoms. The first-order chi connectivity index (χ1) is 19.8. The van der Waals surface area contributed by atoms with Crippen LogP contribution in [0.2, 0.25) is 0 Å². The molecule has 0 saturated carbocycles. The number of para-hydroxylation sites is 2. The summed E-state index contributed by atoms with van der Waals surface area (Å²) in [6.45, 7) is 8.77. The Balaban J connectivity index is 0.00000132. The van der Waals surface area contributed by atoms with Crippen molar-refractivity contribution in [3.63, 3.8) is 0 Å². The van der Waals surface area contributed by atoms with Crippen LogP contribution in [0.4, 0.5) is 11.6 Å². The zero-order chi connectivity index (χ0) is 26.7. The van der Waals surface area contributed by atoms with Gasteiger partial charge in [-0.05, 0) is 61.0 Å². The van der Waals surface area contributed by atoms with E-state index in [4.69, 9.17) is 9.97 Å². The highest BCUT2D eigenvalue weighted by Gasteiger charge is 2.16. The number of thiophene rings is 2. The van der Waals surface area contributed by atoms with Gasteiger partial charge in [-0.3, -0.25) is 0 Å². The number of rotatable bonds is 10. The summed E-state index contributed by atoms with van der Waals surface area (Å²) >= 11 is 3.55. The molecule has 2 N–H and O–H groups in total. The van der Waals surface area contributed by atoms with Crippen LogP contribution >= 0.6 is 72.3 Å². The third-order valence-electron chi connectivity index (χ3n) is 7.97. The van der Waals surface area contributed by atoms with Crippen molar-refractivity contribution < 1.29 is 0 Å². The van der Waals surface area contributed by atoms with Crippen molar-refractivity contribution >= 4 is 126 Å². The topological polar surface area (TPSA) is 56.3 Å². The molecule has 1 fully saturated rings. The summed E-state index contributed by atoms with van der Waals surface area (Å²) in [5.41, 5.74) is 2.13. The molecule has 7 rings (SSSR count). The van der Waals surface area contributed by atoms with Gasteiger partial charge < -0.3 is 20.4 Å². The zero-order valence-electron chi connectivity index (χ0n) is 24.2. The number of halogens is 4. The van der Waals surface area contributed by atoms with Gasteiger partial charge in [0.25, 0.3) is 0 Å². The molecule has 0 amide bonds. The maximum atomic E-state index is 4.92. The van der Waals surface area contributed by atoms with Crippen LogP contribution in [0, 0.1) is 0 Å². The number of pyridine rings is 2. The van der Waals surface area contributed by atoms with E-state index in [1.54, 1.807) is 22.7 Å². The number of aromatic nitrogens is 2. The van der Waals surface area contributed by atoms with Crippen LogP contribution < -0.4 is 10.6 Å². The molecule has 1 aliphatic heterocycles. The maximum absolute atomic E-state index is 4.92. The van der Waals surface area contributed by atoms with Crippen molar-refractivity contribution in [1.82, 2.24) is 19.8 Å². The average molecular weight is 713 g/mol. The third-order valence-corrected chi connectivity index (χ3v) is 9.81. The Hall–Kier alpha value is -2.14. The molecule has 0 radical (unpaired) electrons. The van der Waals surface area contributed by atoms with Crippen LogP contribution in [-0.4, -0.2) is 72.1 Å². The lowest BCUT2D eigenvalue weighted by Crippen LogP contribution is -2.47. The van der Waals surface area contributed by atoms with Crippen molar-refractivity contribution in [2.75, 3.05) is 63.0 Å². The standard InChI is InChI=1S/C32H34N6S2.4ClH/c1-3-9-27-23(7-1)25-11-21-39-29(25)31(35-27)33-13-5-15-37-17-19-38(20-18-37)16-6-14-34-32-30-26(12-22-40-30)24-8-2-4-10-28(24)36-32;;;;/h1-4,7-12,21-22H,5-6,13-20H2,(H,33,35)(H,34,36);4*1H. The van der Waals surface area contributed by atoms with Gasteiger partial charge in [0, 0.05) is 60.8 Å². The van der Waals surface area contributed by atoms with E-state index in [0.717, 1.165) is 87.9 Å². The number of hydrogen-bond acceptors (Lipinski definition) is 8. The molecule has 4 aromatic heterocycles. The van der Waals surface area contributed by atoms with Crippen molar-refractivity contribution in [3.05, 3.63) is 71.4 Å². The number of piperazine rings is 1. The van der Waals surface area contributed by atoms with E-state index >= 15 is 0 Å². The number of benzene rings is 2. The molecule has 2 aromatic carbocycles. The number of nitrogens with one attached hydrogen (secondary N) is 2. The van der Waals surface area contributed by atoms with Gasteiger partial charge in [0.05, 0.1) is 20.4 Å². The number of anilines is 2. The minimum absolute atomic E-state index is 0. The van der Waals surface area contributed by atoms with Gasteiger partial charge in [0.15, 0.2) is 0 Å². The van der Waals surface area contributed by atoms with E-state index in [0.29, 0.717) is 0 Å². The first-order valence-corrected chi connectivity index (χ1v) is 16.0. The second-order valence-corrected chi connectivity index (χ2v) is 12.4. The van der Waals surface area contributed by atoms with Crippen molar-refractivity contribution in [1.29, 1.82) is 0 Å². The third kappa shape index (κ3) is 7.80. The minimum atomic E-state index is 0. The van der Waals surface area contributed by atoms with Crippen molar-refractivity contribution in [2.45, 2.75) is 12.8 Å². The average Bonchev–Trinajstić information content (AvgIpc) is 3.69. The highest BCUT2D eigenvalue weighted by molar-refractivity contribution is 7.18. The molecular weight excluding hydrogens is 674 g/mol. The predicted molar refractivity (Wildman–Crippen MR) is 202 cm³/mol. The Morgan fingerprint density at radius 1 is 0.545 bits per heavy atom. The summed E-state index contributed by atoms with van der Waals surface area (Å²) in [6, 6.07) is 21.3. The summed E-state index contributed by atoms with van der Waals surface area (Å²) < 4.78 is 2.52. The first kappa shape index (κ1) is 36.3. The lowest BCUT2D eigenvalue weighted by molar-refractivity contribution is 0.132. The Morgan fingerprint density at radius 3 is 1.39 bits per heavy atom. The quantitative estimate of drug-likeness (QED) is 0.139. The number of fused-ring (bicyclic) bond motifs is 6. The molecular formula is C32H38Cl4N6S2. The second-order valence-electron chi connectivity index (χ2n) is 10.5. The van der Waals surface area contributed by atoms with Crippen LogP contribution in [0.1, 0.15) is 12.8 Å². The molecule has 0 aliphatic carbocycles. The SMILES string of the molecule is Cl.Cl.Cl.Cl.c1ccc2c(c1)nc(NCCCN1CCN(CCCNc3nc4ccccc4c4ccsc34)CC1)c1sccc12. The van der Waals surface area contributed by atoms with Gasteiger partial charge in [0.2, 0.25) is 0 Å². The predicted octanol–water partition coefficient (Wildman–Crippen LogP) is 8.82. The molecule has 0 bridgehead atoms. The van der Waals surface area contributed by atoms with Crippen molar-refractivity contribution in [2.24, 2.45) is 0 Å². The number of nitrogens with zero attached hydrogens (tertiary/aromatic N) is 4. The summed E-state index contributed by atoms with van der Waals surface area (Å²) in [6.07, 6.45) is 2.25. The minimum Gasteiger partial charge on any atom is -0.369 e. The number of hydrogen-bond donors (Lipinski definition) is 2. The highest BCUT2D eigenvalue weighted by Crippen LogP contribution is 2.34. The molecule has 6 aromatic rings. The Labute approximate surface area is 291 Å². The monoisotopic (exact) mass is 710 g/mol. The fraction of sp³-hybridized carbons (Fsp3) is 0.312. The van der Waals surface area contributed by atoms with Crippen LogP contribution in [0.5, 0.6) is 0 Å². The highest BCUT2D eigenvalue weighted by atomic mass is 35.5.